The molecule has 12 heavy (non-hydrogen) atoms. The molecule has 0 bridgehead atoms. The smallest absolute Gasteiger partial charge is 0.406 e. The van der Waals surface area contributed by atoms with E-state index in [2.05, 4.69) is 23.2 Å². The number of carbonyl (C=O) groups excluding carboxylic acids is 1. The molecule has 0 unspecified atom stereocenters. The molecule has 0 aliphatic heterocycles. The zero-order valence-electron chi connectivity index (χ0n) is 7.13. The highest BCUT2D eigenvalue weighted by Crippen LogP contribution is 1.91. The standard InChI is InChI=1S/C8H13NO3/c1-4-7(2)12-6-5-9-8(10)11-3/h4H,1-2,5-6H2,3H3,(H,9,10). The molecule has 1 amide bonds. The van der Waals surface area contributed by atoms with Crippen LogP contribution in [0.15, 0.2) is 25.0 Å². The molecule has 4 nitrogen and oxygen atoms in total. The second-order valence-corrected chi connectivity index (χ2v) is 1.94. The van der Waals surface area contributed by atoms with Gasteiger partial charge in [-0.15, -0.1) is 0 Å². The summed E-state index contributed by atoms with van der Waals surface area (Å²) in [5.74, 6) is 0.488. The SMILES string of the molecule is C=CC(=C)OCCNC(=O)OC. The predicted octanol–water partition coefficient (Wildman–Crippen LogP) is 1.06. The average molecular weight is 171 g/mol. The van der Waals surface area contributed by atoms with Crippen molar-refractivity contribution in [2.24, 2.45) is 0 Å². The van der Waals surface area contributed by atoms with Crippen molar-refractivity contribution >= 4 is 6.09 Å². The summed E-state index contributed by atoms with van der Waals surface area (Å²) in [5.41, 5.74) is 0. The lowest BCUT2D eigenvalue weighted by Gasteiger charge is -2.05. The van der Waals surface area contributed by atoms with Gasteiger partial charge in [-0.05, 0) is 6.08 Å². The molecule has 0 radical (unpaired) electrons. The van der Waals surface area contributed by atoms with Crippen LogP contribution in [0.25, 0.3) is 0 Å². The van der Waals surface area contributed by atoms with Crippen molar-refractivity contribution in [1.82, 2.24) is 5.32 Å². The van der Waals surface area contributed by atoms with E-state index in [-0.39, 0.29) is 0 Å². The number of methoxy groups -OCH3 is 1. The van der Waals surface area contributed by atoms with Gasteiger partial charge in [-0.1, -0.05) is 13.2 Å². The van der Waals surface area contributed by atoms with Gasteiger partial charge in [0, 0.05) is 0 Å². The van der Waals surface area contributed by atoms with Crippen LogP contribution < -0.4 is 5.32 Å². The number of amides is 1. The van der Waals surface area contributed by atoms with Crippen molar-refractivity contribution in [3.05, 3.63) is 25.0 Å². The molecule has 0 rings (SSSR count). The van der Waals surface area contributed by atoms with E-state index in [0.717, 1.165) is 0 Å². The Morgan fingerprint density at radius 3 is 2.83 bits per heavy atom. The molecule has 68 valence electrons. The molecule has 0 aromatic heterocycles. The van der Waals surface area contributed by atoms with Crippen LogP contribution in [0.3, 0.4) is 0 Å². The summed E-state index contributed by atoms with van der Waals surface area (Å²) >= 11 is 0. The van der Waals surface area contributed by atoms with Crippen molar-refractivity contribution in [1.29, 1.82) is 0 Å². The van der Waals surface area contributed by atoms with Crippen LogP contribution in [0.4, 0.5) is 4.79 Å². The second-order valence-electron chi connectivity index (χ2n) is 1.94. The van der Waals surface area contributed by atoms with E-state index < -0.39 is 6.09 Å². The topological polar surface area (TPSA) is 47.6 Å². The van der Waals surface area contributed by atoms with Crippen LogP contribution in [0.5, 0.6) is 0 Å². The minimum Gasteiger partial charge on any atom is -0.492 e. The van der Waals surface area contributed by atoms with Crippen molar-refractivity contribution in [2.75, 3.05) is 20.3 Å². The van der Waals surface area contributed by atoms with Crippen molar-refractivity contribution < 1.29 is 14.3 Å². The van der Waals surface area contributed by atoms with E-state index in [1.807, 2.05) is 0 Å². The van der Waals surface area contributed by atoms with Crippen LogP contribution in [0, 0.1) is 0 Å². The lowest BCUT2D eigenvalue weighted by Crippen LogP contribution is -2.26. The molecule has 0 aromatic rings. The van der Waals surface area contributed by atoms with Gasteiger partial charge in [-0.3, -0.25) is 0 Å². The maximum atomic E-state index is 10.5. The van der Waals surface area contributed by atoms with Gasteiger partial charge >= 0.3 is 6.09 Å². The largest absolute Gasteiger partial charge is 0.492 e. The van der Waals surface area contributed by atoms with Crippen LogP contribution in [-0.2, 0) is 9.47 Å². The third-order valence-corrected chi connectivity index (χ3v) is 1.07. The minimum absolute atomic E-state index is 0.361. The Bertz CT molecular complexity index is 177. The summed E-state index contributed by atoms with van der Waals surface area (Å²) < 4.78 is 9.34. The summed E-state index contributed by atoms with van der Waals surface area (Å²) in [7, 11) is 1.30. The number of hydrogen-bond acceptors (Lipinski definition) is 3. The monoisotopic (exact) mass is 171 g/mol. The van der Waals surface area contributed by atoms with Gasteiger partial charge in [0.15, 0.2) is 0 Å². The highest BCUT2D eigenvalue weighted by atomic mass is 16.5. The summed E-state index contributed by atoms with van der Waals surface area (Å²) in [5, 5.41) is 2.45. The van der Waals surface area contributed by atoms with Gasteiger partial charge in [0.05, 0.1) is 13.7 Å². The highest BCUT2D eigenvalue weighted by Gasteiger charge is 1.95. The zero-order chi connectivity index (χ0) is 9.40. The van der Waals surface area contributed by atoms with Crippen molar-refractivity contribution in [2.45, 2.75) is 0 Å². The number of hydrogen-bond donors (Lipinski definition) is 1. The van der Waals surface area contributed by atoms with Crippen molar-refractivity contribution in [3.8, 4) is 0 Å². The fraction of sp³-hybridized carbons (Fsp3) is 0.375. The third-order valence-electron chi connectivity index (χ3n) is 1.07. The Kier molecular flexibility index (Phi) is 5.51. The number of carbonyl (C=O) groups is 1. The van der Waals surface area contributed by atoms with E-state index in [0.29, 0.717) is 18.9 Å². The fourth-order valence-electron chi connectivity index (χ4n) is 0.466. The van der Waals surface area contributed by atoms with E-state index in [1.165, 1.54) is 13.2 Å². The molecular weight excluding hydrogens is 158 g/mol. The zero-order valence-corrected chi connectivity index (χ0v) is 7.13. The molecule has 4 heteroatoms. The first kappa shape index (κ1) is 10.6. The molecule has 0 aliphatic carbocycles. The molecule has 0 aliphatic rings. The van der Waals surface area contributed by atoms with Crippen LogP contribution in [-0.4, -0.2) is 26.4 Å². The Morgan fingerprint density at radius 2 is 2.33 bits per heavy atom. The molecule has 0 fully saturated rings. The normalized spacial score (nSPS) is 8.42. The van der Waals surface area contributed by atoms with Gasteiger partial charge in [-0.2, -0.15) is 0 Å². The molecule has 0 aromatic carbocycles. The summed E-state index contributed by atoms with van der Waals surface area (Å²) in [6.45, 7) is 7.73. The van der Waals surface area contributed by atoms with Gasteiger partial charge < -0.3 is 14.8 Å². The third kappa shape index (κ3) is 5.34. The second kappa shape index (κ2) is 6.27. The summed E-state index contributed by atoms with van der Waals surface area (Å²) in [4.78, 5) is 10.5. The quantitative estimate of drug-likeness (QED) is 0.382. The minimum atomic E-state index is -0.470. The Labute approximate surface area is 71.9 Å². The van der Waals surface area contributed by atoms with Gasteiger partial charge in [0.25, 0.3) is 0 Å². The van der Waals surface area contributed by atoms with E-state index in [1.54, 1.807) is 0 Å². The Morgan fingerprint density at radius 1 is 1.67 bits per heavy atom. The number of rotatable bonds is 5. The summed E-state index contributed by atoms with van der Waals surface area (Å²) in [6.07, 6.45) is 1.03. The average Bonchev–Trinajstić information content (AvgIpc) is 2.11. The van der Waals surface area contributed by atoms with Crippen LogP contribution in [0.2, 0.25) is 0 Å². The molecule has 0 saturated carbocycles. The van der Waals surface area contributed by atoms with E-state index >= 15 is 0 Å². The molecular formula is C8H13NO3. The van der Waals surface area contributed by atoms with Gasteiger partial charge in [0.2, 0.25) is 0 Å². The van der Waals surface area contributed by atoms with Crippen LogP contribution >= 0.6 is 0 Å². The lowest BCUT2D eigenvalue weighted by molar-refractivity contribution is 0.164. The van der Waals surface area contributed by atoms with E-state index in [4.69, 9.17) is 4.74 Å². The number of alkyl carbamates (subject to hydrolysis) is 1. The molecule has 0 spiro atoms. The fourth-order valence-corrected chi connectivity index (χ4v) is 0.466. The highest BCUT2D eigenvalue weighted by molar-refractivity contribution is 5.66. The first-order chi connectivity index (χ1) is 5.70. The maximum Gasteiger partial charge on any atom is 0.406 e. The molecule has 0 atom stereocenters. The van der Waals surface area contributed by atoms with Gasteiger partial charge in [-0.25, -0.2) is 4.79 Å². The maximum absolute atomic E-state index is 10.5. The van der Waals surface area contributed by atoms with E-state index in [9.17, 15) is 4.79 Å². The van der Waals surface area contributed by atoms with Gasteiger partial charge in [0.1, 0.15) is 12.4 Å². The Hall–Kier alpha value is -1.45. The van der Waals surface area contributed by atoms with Crippen molar-refractivity contribution in [3.63, 3.8) is 0 Å². The first-order valence-electron chi connectivity index (χ1n) is 3.46. The predicted molar refractivity (Wildman–Crippen MR) is 45.7 cm³/mol. The Balaban J connectivity index is 3.27. The van der Waals surface area contributed by atoms with Crippen LogP contribution in [0.1, 0.15) is 0 Å². The summed E-state index contributed by atoms with van der Waals surface area (Å²) in [6, 6.07) is 0. The lowest BCUT2D eigenvalue weighted by atomic mass is 10.5. The molecule has 0 saturated heterocycles. The first-order valence-corrected chi connectivity index (χ1v) is 3.46. The molecule has 0 heterocycles. The number of nitrogens with one attached hydrogen (secondary N) is 1. The number of allylic oxidation sites excluding steroid dienone is 1. The number of ether oxygens (including phenoxy) is 2. The molecule has 1 N–H and O–H groups in total.